The van der Waals surface area contributed by atoms with E-state index in [2.05, 4.69) is 20.3 Å². The summed E-state index contributed by atoms with van der Waals surface area (Å²) in [5.74, 6) is -0.296. The van der Waals surface area contributed by atoms with Crippen LogP contribution >= 0.6 is 0 Å². The minimum atomic E-state index is -1.05. The van der Waals surface area contributed by atoms with Gasteiger partial charge in [-0.05, 0) is 37.6 Å². The summed E-state index contributed by atoms with van der Waals surface area (Å²) in [4.78, 5) is 38.0. The topological polar surface area (TPSA) is 147 Å². The number of aromatic nitrogens is 4. The fourth-order valence-corrected chi connectivity index (χ4v) is 4.18. The molecule has 1 amide bonds. The molecule has 198 valence electrons. The smallest absolute Gasteiger partial charge is 0.334 e. The van der Waals surface area contributed by atoms with E-state index in [-0.39, 0.29) is 24.6 Å². The van der Waals surface area contributed by atoms with Crippen molar-refractivity contribution in [3.8, 4) is 0 Å². The molecule has 12 nitrogen and oxygen atoms in total. The van der Waals surface area contributed by atoms with Gasteiger partial charge in [-0.1, -0.05) is 18.2 Å². The zero-order valence-electron chi connectivity index (χ0n) is 20.6. The maximum Gasteiger partial charge on any atom is 0.334 e. The zero-order valence-corrected chi connectivity index (χ0v) is 20.6. The van der Waals surface area contributed by atoms with Crippen LogP contribution in [0.25, 0.3) is 11.2 Å². The van der Waals surface area contributed by atoms with Crippen LogP contribution in [0, 0.1) is 0 Å². The van der Waals surface area contributed by atoms with Crippen LogP contribution in [0.2, 0.25) is 0 Å². The Labute approximate surface area is 217 Å². The fraction of sp³-hybridized carbons (Fsp3) is 0.346. The standard InChI is InChI=1S/C26H27N5O7/c1-2-35-26(34)17(8-9-20-36-10-11-37-20)12-18-13-19(32)25(38-18)31-15-29-21-22(27-14-28-23(21)31)30-24(33)16-6-4-3-5-7-16/h3-7,12-15,19-20,25,32H,2,8-11H2,1H3,(H,27,28,30,33)/t19-,25-/m1/s1. The number of nitrogens with zero attached hydrogens (tertiary/aromatic N) is 4. The van der Waals surface area contributed by atoms with Crippen molar-refractivity contribution in [2.24, 2.45) is 0 Å². The van der Waals surface area contributed by atoms with Crippen molar-refractivity contribution in [3.05, 3.63) is 72.0 Å². The highest BCUT2D eigenvalue weighted by Gasteiger charge is 2.31. The van der Waals surface area contributed by atoms with E-state index >= 15 is 0 Å². The van der Waals surface area contributed by atoms with E-state index in [1.54, 1.807) is 41.8 Å². The molecule has 3 aromatic rings. The number of nitrogens with one attached hydrogen (secondary N) is 1. The number of carbonyl (C=O) groups excluding carboxylic acids is 2. The third-order valence-electron chi connectivity index (χ3n) is 5.98. The van der Waals surface area contributed by atoms with Gasteiger partial charge in [-0.25, -0.2) is 19.7 Å². The SMILES string of the molecule is CCOC(=O)C(=CC1=C[C@@H](O)[C@H](n2cnc3c(NC(=O)c4ccccc4)ncnc32)O1)CCC1OCCO1. The Morgan fingerprint density at radius 3 is 2.74 bits per heavy atom. The van der Waals surface area contributed by atoms with Crippen molar-refractivity contribution < 1.29 is 33.6 Å². The Morgan fingerprint density at radius 2 is 1.97 bits per heavy atom. The van der Waals surface area contributed by atoms with Crippen LogP contribution in [0.5, 0.6) is 0 Å². The number of anilines is 1. The third kappa shape index (κ3) is 5.57. The molecule has 2 aliphatic heterocycles. The van der Waals surface area contributed by atoms with Crippen LogP contribution in [-0.2, 0) is 23.7 Å². The van der Waals surface area contributed by atoms with Gasteiger partial charge in [0.2, 0.25) is 6.23 Å². The third-order valence-corrected chi connectivity index (χ3v) is 5.98. The summed E-state index contributed by atoms with van der Waals surface area (Å²) in [5, 5.41) is 13.5. The second kappa shape index (κ2) is 11.5. The normalized spacial score (nSPS) is 19.8. The molecule has 0 saturated carbocycles. The number of allylic oxidation sites excluding steroid dienone is 1. The lowest BCUT2D eigenvalue weighted by molar-refractivity contribution is -0.138. The molecule has 0 bridgehead atoms. The van der Waals surface area contributed by atoms with Crippen LogP contribution in [0.4, 0.5) is 5.82 Å². The van der Waals surface area contributed by atoms with Crippen molar-refractivity contribution >= 4 is 28.9 Å². The molecule has 2 aliphatic rings. The Balaban J connectivity index is 1.34. The number of aliphatic hydroxyl groups is 1. The zero-order chi connectivity index (χ0) is 26.5. The number of esters is 1. The summed E-state index contributed by atoms with van der Waals surface area (Å²) in [6.45, 7) is 2.99. The summed E-state index contributed by atoms with van der Waals surface area (Å²) in [5.41, 5.74) is 1.53. The summed E-state index contributed by atoms with van der Waals surface area (Å²) >= 11 is 0. The van der Waals surface area contributed by atoms with Crippen LogP contribution in [-0.4, -0.2) is 68.7 Å². The van der Waals surface area contributed by atoms with Gasteiger partial charge in [0.05, 0.1) is 19.8 Å². The highest BCUT2D eigenvalue weighted by atomic mass is 16.7. The van der Waals surface area contributed by atoms with Gasteiger partial charge in [0, 0.05) is 17.6 Å². The quantitative estimate of drug-likeness (QED) is 0.318. The lowest BCUT2D eigenvalue weighted by Gasteiger charge is -2.17. The second-order valence-corrected chi connectivity index (χ2v) is 8.53. The van der Waals surface area contributed by atoms with Gasteiger partial charge in [-0.2, -0.15) is 0 Å². The number of carbonyl (C=O) groups is 2. The number of rotatable bonds is 9. The Bertz CT molecular complexity index is 1360. The fourth-order valence-electron chi connectivity index (χ4n) is 4.18. The van der Waals surface area contributed by atoms with E-state index in [1.807, 2.05) is 6.07 Å². The van der Waals surface area contributed by atoms with Gasteiger partial charge in [0.25, 0.3) is 5.91 Å². The number of fused-ring (bicyclic) bond motifs is 1. The minimum absolute atomic E-state index is 0.224. The predicted octanol–water partition coefficient (Wildman–Crippen LogP) is 2.49. The molecule has 1 saturated heterocycles. The summed E-state index contributed by atoms with van der Waals surface area (Å²) in [6.07, 6.45) is 4.28. The number of hydrogen-bond acceptors (Lipinski definition) is 10. The molecule has 4 heterocycles. The second-order valence-electron chi connectivity index (χ2n) is 8.53. The van der Waals surface area contributed by atoms with E-state index in [9.17, 15) is 14.7 Å². The van der Waals surface area contributed by atoms with Gasteiger partial charge < -0.3 is 29.4 Å². The first-order valence-corrected chi connectivity index (χ1v) is 12.2. The highest BCUT2D eigenvalue weighted by Crippen LogP contribution is 2.32. The Kier molecular flexibility index (Phi) is 7.73. The molecule has 12 heteroatoms. The Hall–Kier alpha value is -4.13. The predicted molar refractivity (Wildman–Crippen MR) is 134 cm³/mol. The molecule has 2 N–H and O–H groups in total. The van der Waals surface area contributed by atoms with Gasteiger partial charge in [0.1, 0.15) is 24.5 Å². The number of amides is 1. The van der Waals surface area contributed by atoms with Crippen LogP contribution in [0.15, 0.2) is 66.5 Å². The van der Waals surface area contributed by atoms with Gasteiger partial charge in [0.15, 0.2) is 23.3 Å². The molecule has 1 fully saturated rings. The Morgan fingerprint density at radius 1 is 1.18 bits per heavy atom. The van der Waals surface area contributed by atoms with Crippen molar-refractivity contribution in [3.63, 3.8) is 0 Å². The molecule has 1 aromatic carbocycles. The average Bonchev–Trinajstić information content (AvgIpc) is 3.67. The van der Waals surface area contributed by atoms with Crippen molar-refractivity contribution in [1.29, 1.82) is 0 Å². The molecule has 0 aliphatic carbocycles. The number of imidazole rings is 1. The van der Waals surface area contributed by atoms with Gasteiger partial charge in [-0.15, -0.1) is 0 Å². The van der Waals surface area contributed by atoms with E-state index in [4.69, 9.17) is 18.9 Å². The summed E-state index contributed by atoms with van der Waals surface area (Å²) in [7, 11) is 0. The number of hydrogen-bond donors (Lipinski definition) is 2. The number of benzene rings is 1. The first-order valence-electron chi connectivity index (χ1n) is 12.2. The minimum Gasteiger partial charge on any atom is -0.467 e. The number of aliphatic hydroxyl groups excluding tert-OH is 1. The van der Waals surface area contributed by atoms with E-state index in [0.29, 0.717) is 54.1 Å². The maximum atomic E-state index is 12.6. The van der Waals surface area contributed by atoms with Crippen LogP contribution < -0.4 is 5.32 Å². The van der Waals surface area contributed by atoms with Crippen molar-refractivity contribution in [1.82, 2.24) is 19.5 Å². The van der Waals surface area contributed by atoms with E-state index in [0.717, 1.165) is 0 Å². The number of ether oxygens (including phenoxy) is 4. The molecule has 2 atom stereocenters. The molecule has 0 unspecified atom stereocenters. The van der Waals surface area contributed by atoms with Crippen LogP contribution in [0.1, 0.15) is 36.4 Å². The highest BCUT2D eigenvalue weighted by molar-refractivity contribution is 6.06. The molecule has 5 rings (SSSR count). The van der Waals surface area contributed by atoms with Gasteiger partial charge >= 0.3 is 5.97 Å². The molecule has 38 heavy (non-hydrogen) atoms. The first kappa shape index (κ1) is 25.5. The molecule has 0 radical (unpaired) electrons. The van der Waals surface area contributed by atoms with Crippen molar-refractivity contribution in [2.75, 3.05) is 25.1 Å². The van der Waals surface area contributed by atoms with Crippen LogP contribution in [0.3, 0.4) is 0 Å². The lowest BCUT2D eigenvalue weighted by atomic mass is 10.1. The van der Waals surface area contributed by atoms with Gasteiger partial charge in [-0.3, -0.25) is 9.36 Å². The van der Waals surface area contributed by atoms with E-state index < -0.39 is 18.3 Å². The van der Waals surface area contributed by atoms with E-state index in [1.165, 1.54) is 18.7 Å². The van der Waals surface area contributed by atoms with Crippen molar-refractivity contribution in [2.45, 2.75) is 38.4 Å². The monoisotopic (exact) mass is 521 g/mol. The summed E-state index contributed by atoms with van der Waals surface area (Å²) < 4.78 is 23.6. The average molecular weight is 522 g/mol. The largest absolute Gasteiger partial charge is 0.467 e. The lowest BCUT2D eigenvalue weighted by Crippen LogP contribution is -2.20. The molecular formula is C26H27N5O7. The molecule has 0 spiro atoms. The molecule has 2 aromatic heterocycles. The first-order chi connectivity index (χ1) is 18.5. The maximum absolute atomic E-state index is 12.6. The summed E-state index contributed by atoms with van der Waals surface area (Å²) in [6, 6.07) is 8.73. The molecular weight excluding hydrogens is 494 g/mol.